The zero-order valence-electron chi connectivity index (χ0n) is 18.2. The van der Waals surface area contributed by atoms with Crippen LogP contribution in [0.15, 0.2) is 66.9 Å². The van der Waals surface area contributed by atoms with Gasteiger partial charge in [0.05, 0.1) is 28.2 Å². The first-order valence-electron chi connectivity index (χ1n) is 10.1. The SMILES string of the molecule is CC(C)(C)[S+]([O-])NCC(c1ccccc1)(c1cc(F)cc(C(F)(F)F)c1)c1ccc(Cl)cn1. The molecule has 1 aromatic heterocycles. The molecule has 0 amide bonds. The molecule has 0 fully saturated rings. The van der Waals surface area contributed by atoms with Crippen molar-refractivity contribution in [3.05, 3.63) is 100 Å². The highest BCUT2D eigenvalue weighted by Crippen LogP contribution is 2.41. The Hall–Kier alpha value is -2.13. The molecule has 0 aliphatic rings. The molecule has 0 spiro atoms. The van der Waals surface area contributed by atoms with E-state index in [2.05, 4.69) is 9.71 Å². The van der Waals surface area contributed by atoms with Gasteiger partial charge in [0.2, 0.25) is 0 Å². The van der Waals surface area contributed by atoms with Gasteiger partial charge < -0.3 is 4.55 Å². The van der Waals surface area contributed by atoms with E-state index in [-0.39, 0.29) is 12.1 Å². The van der Waals surface area contributed by atoms with E-state index in [1.807, 2.05) is 0 Å². The lowest BCUT2D eigenvalue weighted by atomic mass is 9.71. The van der Waals surface area contributed by atoms with Gasteiger partial charge in [0.1, 0.15) is 10.6 Å². The summed E-state index contributed by atoms with van der Waals surface area (Å²) in [5.74, 6) is -1.04. The van der Waals surface area contributed by atoms with Crippen molar-refractivity contribution in [3.63, 3.8) is 0 Å². The number of halogens is 5. The lowest BCUT2D eigenvalue weighted by Crippen LogP contribution is -2.48. The smallest absolute Gasteiger partial charge is 0.416 e. The Morgan fingerprint density at radius 3 is 2.12 bits per heavy atom. The Morgan fingerprint density at radius 2 is 1.58 bits per heavy atom. The van der Waals surface area contributed by atoms with Crippen LogP contribution in [0.1, 0.15) is 43.2 Å². The first-order chi connectivity index (χ1) is 15.3. The van der Waals surface area contributed by atoms with Crippen molar-refractivity contribution in [1.29, 1.82) is 0 Å². The molecule has 2 unspecified atom stereocenters. The lowest BCUT2D eigenvalue weighted by Gasteiger charge is -2.36. The number of aromatic nitrogens is 1. The molecule has 2 aromatic carbocycles. The van der Waals surface area contributed by atoms with Crippen LogP contribution in [-0.2, 0) is 23.0 Å². The largest absolute Gasteiger partial charge is 0.598 e. The highest BCUT2D eigenvalue weighted by molar-refractivity contribution is 7.90. The summed E-state index contributed by atoms with van der Waals surface area (Å²) < 4.78 is 70.5. The van der Waals surface area contributed by atoms with Crippen molar-refractivity contribution < 1.29 is 22.1 Å². The van der Waals surface area contributed by atoms with Gasteiger partial charge in [-0.2, -0.15) is 13.2 Å². The zero-order chi connectivity index (χ0) is 24.4. The molecule has 2 atom stereocenters. The summed E-state index contributed by atoms with van der Waals surface area (Å²) in [5.41, 5.74) is -1.61. The number of benzene rings is 2. The molecule has 0 bridgehead atoms. The van der Waals surface area contributed by atoms with Gasteiger partial charge in [0.15, 0.2) is 0 Å². The molecule has 0 aliphatic heterocycles. The quantitative estimate of drug-likeness (QED) is 0.321. The molecule has 1 N–H and O–H groups in total. The van der Waals surface area contributed by atoms with Crippen LogP contribution in [0, 0.1) is 5.82 Å². The van der Waals surface area contributed by atoms with E-state index in [9.17, 15) is 22.1 Å². The molecular weight excluding hydrogens is 476 g/mol. The summed E-state index contributed by atoms with van der Waals surface area (Å²) in [6.07, 6.45) is -3.38. The van der Waals surface area contributed by atoms with Crippen LogP contribution in [0.5, 0.6) is 0 Å². The maximum absolute atomic E-state index is 14.6. The Balaban J connectivity index is 2.32. The first-order valence-corrected chi connectivity index (χ1v) is 11.6. The Bertz CT molecular complexity index is 1090. The van der Waals surface area contributed by atoms with Crippen molar-refractivity contribution in [2.45, 2.75) is 37.1 Å². The Labute approximate surface area is 198 Å². The molecule has 1 heterocycles. The van der Waals surface area contributed by atoms with Crippen LogP contribution in [0.2, 0.25) is 5.02 Å². The van der Waals surface area contributed by atoms with Gasteiger partial charge in [-0.3, -0.25) is 4.98 Å². The lowest BCUT2D eigenvalue weighted by molar-refractivity contribution is -0.137. The van der Waals surface area contributed by atoms with E-state index in [0.717, 1.165) is 12.1 Å². The number of nitrogens with zero attached hydrogens (tertiary/aromatic N) is 1. The molecule has 0 saturated heterocycles. The Kier molecular flexibility index (Phi) is 7.43. The summed E-state index contributed by atoms with van der Waals surface area (Å²) in [7, 11) is 0. The third-order valence-electron chi connectivity index (χ3n) is 5.17. The molecule has 0 radical (unpaired) electrons. The average molecular weight is 499 g/mol. The van der Waals surface area contributed by atoms with E-state index in [1.54, 1.807) is 63.2 Å². The van der Waals surface area contributed by atoms with Crippen LogP contribution in [0.3, 0.4) is 0 Å². The highest BCUT2D eigenvalue weighted by Gasteiger charge is 2.42. The van der Waals surface area contributed by atoms with E-state index in [1.165, 1.54) is 6.20 Å². The van der Waals surface area contributed by atoms with Gasteiger partial charge in [-0.1, -0.05) is 41.9 Å². The average Bonchev–Trinajstić information content (AvgIpc) is 2.74. The van der Waals surface area contributed by atoms with Crippen molar-refractivity contribution in [1.82, 2.24) is 9.71 Å². The number of alkyl halides is 3. The van der Waals surface area contributed by atoms with E-state index < -0.39 is 39.1 Å². The number of hydrogen-bond donors (Lipinski definition) is 1. The molecule has 0 saturated carbocycles. The van der Waals surface area contributed by atoms with Crippen LogP contribution < -0.4 is 4.72 Å². The van der Waals surface area contributed by atoms with Crippen molar-refractivity contribution in [3.8, 4) is 0 Å². The maximum atomic E-state index is 14.6. The minimum atomic E-state index is -4.76. The fourth-order valence-electron chi connectivity index (χ4n) is 3.50. The standard InChI is InChI=1S/C24H23ClF4N2OS/c1-22(2,3)33(32)31-15-23(16-7-5-4-6-8-16,21-10-9-19(25)14-30-21)17-11-18(24(27,28)29)13-20(26)12-17/h4-14,31H,15H2,1-3H3. The number of pyridine rings is 1. The van der Waals surface area contributed by atoms with Gasteiger partial charge in [0.25, 0.3) is 0 Å². The minimum Gasteiger partial charge on any atom is -0.598 e. The summed E-state index contributed by atoms with van der Waals surface area (Å²) in [5, 5.41) is 0.335. The number of hydrogen-bond acceptors (Lipinski definition) is 3. The van der Waals surface area contributed by atoms with Crippen molar-refractivity contribution in [2.75, 3.05) is 6.54 Å². The fourth-order valence-corrected chi connectivity index (χ4v) is 4.39. The molecule has 0 aliphatic carbocycles. The van der Waals surface area contributed by atoms with Gasteiger partial charge in [-0.25, -0.2) is 4.39 Å². The maximum Gasteiger partial charge on any atom is 0.416 e. The van der Waals surface area contributed by atoms with Crippen molar-refractivity contribution >= 4 is 23.0 Å². The number of rotatable bonds is 6. The van der Waals surface area contributed by atoms with Gasteiger partial charge in [0, 0.05) is 17.6 Å². The molecule has 3 nitrogen and oxygen atoms in total. The third kappa shape index (κ3) is 5.69. The summed E-state index contributed by atoms with van der Waals surface area (Å²) in [6, 6.07) is 14.2. The summed E-state index contributed by atoms with van der Waals surface area (Å²) in [4.78, 5) is 4.39. The second-order valence-electron chi connectivity index (χ2n) is 8.56. The molecular formula is C24H23ClF4N2OS. The highest BCUT2D eigenvalue weighted by atomic mass is 35.5. The van der Waals surface area contributed by atoms with E-state index >= 15 is 0 Å². The van der Waals surface area contributed by atoms with Crippen LogP contribution in [0.25, 0.3) is 0 Å². The predicted octanol–water partition coefficient (Wildman–Crippen LogP) is 6.28. The molecule has 3 aromatic rings. The van der Waals surface area contributed by atoms with E-state index in [0.29, 0.717) is 22.3 Å². The van der Waals surface area contributed by atoms with Gasteiger partial charge in [-0.05, 0) is 62.2 Å². The Morgan fingerprint density at radius 1 is 0.939 bits per heavy atom. The fraction of sp³-hybridized carbons (Fsp3) is 0.292. The predicted molar refractivity (Wildman–Crippen MR) is 123 cm³/mol. The van der Waals surface area contributed by atoms with Gasteiger partial charge >= 0.3 is 6.18 Å². The molecule has 33 heavy (non-hydrogen) atoms. The van der Waals surface area contributed by atoms with E-state index in [4.69, 9.17) is 11.6 Å². The van der Waals surface area contributed by atoms with Crippen LogP contribution in [0.4, 0.5) is 17.6 Å². The van der Waals surface area contributed by atoms with Gasteiger partial charge in [-0.15, -0.1) is 4.72 Å². The second kappa shape index (κ2) is 9.62. The molecule has 3 rings (SSSR count). The second-order valence-corrected chi connectivity index (χ2v) is 11.0. The summed E-state index contributed by atoms with van der Waals surface area (Å²) in [6.45, 7) is 5.21. The normalized spacial score (nSPS) is 15.2. The van der Waals surface area contributed by atoms with Crippen molar-refractivity contribution in [2.24, 2.45) is 0 Å². The van der Waals surface area contributed by atoms with Crippen LogP contribution >= 0.6 is 11.6 Å². The van der Waals surface area contributed by atoms with Crippen LogP contribution in [-0.4, -0.2) is 20.8 Å². The molecule has 9 heteroatoms. The molecule has 176 valence electrons. The first kappa shape index (κ1) is 25.5. The number of nitrogens with one attached hydrogen (secondary N) is 1. The zero-order valence-corrected chi connectivity index (χ0v) is 19.8. The monoisotopic (exact) mass is 498 g/mol. The third-order valence-corrected chi connectivity index (χ3v) is 6.92. The topological polar surface area (TPSA) is 48.0 Å². The summed E-state index contributed by atoms with van der Waals surface area (Å²) >= 11 is 4.46. The minimum absolute atomic E-state index is 0.0225.